The number of benzene rings is 2. The number of aromatic nitrogens is 1. The Morgan fingerprint density at radius 3 is 2.73 bits per heavy atom. The highest BCUT2D eigenvalue weighted by atomic mass is 32.1. The van der Waals surface area contributed by atoms with Gasteiger partial charge in [-0.1, -0.05) is 12.1 Å². The van der Waals surface area contributed by atoms with Crippen LogP contribution in [0.4, 0.5) is 4.39 Å². The number of nitrogens with one attached hydrogen (secondary N) is 1. The summed E-state index contributed by atoms with van der Waals surface area (Å²) in [7, 11) is 0. The first-order valence-electron chi connectivity index (χ1n) is 8.70. The van der Waals surface area contributed by atoms with Gasteiger partial charge in [-0.15, -0.1) is 11.3 Å². The van der Waals surface area contributed by atoms with Crippen LogP contribution in [0.3, 0.4) is 0 Å². The summed E-state index contributed by atoms with van der Waals surface area (Å²) in [6.45, 7) is 1.05. The molecule has 0 fully saturated rings. The third-order valence-electron chi connectivity index (χ3n) is 3.86. The van der Waals surface area contributed by atoms with E-state index in [2.05, 4.69) is 16.4 Å². The molecule has 3 aromatic rings. The molecule has 0 atom stereocenters. The Hall–Kier alpha value is -2.47. The number of hydrogen-bond acceptors (Lipinski definition) is 4. The van der Waals surface area contributed by atoms with E-state index in [1.807, 2.05) is 18.2 Å². The highest BCUT2D eigenvalue weighted by molar-refractivity contribution is 7.18. The van der Waals surface area contributed by atoms with Crippen molar-refractivity contribution in [1.82, 2.24) is 10.3 Å². The van der Waals surface area contributed by atoms with Crippen molar-refractivity contribution in [3.05, 3.63) is 59.4 Å². The van der Waals surface area contributed by atoms with E-state index in [0.29, 0.717) is 31.7 Å². The number of hydrogen-bond donors (Lipinski definition) is 1. The maximum atomic E-state index is 12.8. The lowest BCUT2D eigenvalue weighted by Gasteiger charge is -2.07. The fourth-order valence-corrected chi connectivity index (χ4v) is 3.55. The van der Waals surface area contributed by atoms with Crippen LogP contribution >= 0.6 is 11.3 Å². The maximum absolute atomic E-state index is 12.8. The molecule has 2 aromatic carbocycles. The van der Waals surface area contributed by atoms with Crippen LogP contribution in [-0.2, 0) is 11.2 Å². The van der Waals surface area contributed by atoms with Crippen LogP contribution in [0.15, 0.2) is 48.5 Å². The number of thiazole rings is 1. The third kappa shape index (κ3) is 5.52. The summed E-state index contributed by atoms with van der Waals surface area (Å²) in [6.07, 6.45) is 2.81. The first-order chi connectivity index (χ1) is 12.7. The molecule has 0 aliphatic carbocycles. The second-order valence-electron chi connectivity index (χ2n) is 5.93. The van der Waals surface area contributed by atoms with Crippen LogP contribution in [0.5, 0.6) is 5.75 Å². The largest absolute Gasteiger partial charge is 0.494 e. The lowest BCUT2D eigenvalue weighted by molar-refractivity contribution is -0.121. The van der Waals surface area contributed by atoms with Gasteiger partial charge in [0, 0.05) is 13.0 Å². The van der Waals surface area contributed by atoms with Gasteiger partial charge in [-0.25, -0.2) is 9.37 Å². The van der Waals surface area contributed by atoms with Crippen molar-refractivity contribution in [3.8, 4) is 5.75 Å². The van der Waals surface area contributed by atoms with Gasteiger partial charge in [0.05, 0.1) is 21.8 Å². The van der Waals surface area contributed by atoms with Crippen LogP contribution in [0.2, 0.25) is 0 Å². The molecule has 0 unspecified atom stereocenters. The zero-order chi connectivity index (χ0) is 18.2. The Balaban J connectivity index is 1.27. The Labute approximate surface area is 156 Å². The topological polar surface area (TPSA) is 51.2 Å². The van der Waals surface area contributed by atoms with Gasteiger partial charge in [0.25, 0.3) is 0 Å². The van der Waals surface area contributed by atoms with E-state index in [9.17, 15) is 9.18 Å². The first-order valence-corrected chi connectivity index (χ1v) is 9.52. The van der Waals surface area contributed by atoms with Gasteiger partial charge in [0.1, 0.15) is 11.6 Å². The van der Waals surface area contributed by atoms with Crippen molar-refractivity contribution in [2.75, 3.05) is 13.2 Å². The van der Waals surface area contributed by atoms with Crippen molar-refractivity contribution >= 4 is 27.5 Å². The van der Waals surface area contributed by atoms with E-state index in [1.54, 1.807) is 23.5 Å². The number of carbonyl (C=O) groups excluding carboxylic acids is 1. The van der Waals surface area contributed by atoms with Gasteiger partial charge >= 0.3 is 0 Å². The molecule has 0 radical (unpaired) electrons. The van der Waals surface area contributed by atoms with E-state index >= 15 is 0 Å². The van der Waals surface area contributed by atoms with Crippen LogP contribution in [-0.4, -0.2) is 24.0 Å². The fourth-order valence-electron chi connectivity index (χ4n) is 2.54. The monoisotopic (exact) mass is 372 g/mol. The van der Waals surface area contributed by atoms with E-state index in [0.717, 1.165) is 23.4 Å². The van der Waals surface area contributed by atoms with E-state index in [-0.39, 0.29) is 11.7 Å². The third-order valence-corrected chi connectivity index (χ3v) is 4.95. The number of rotatable bonds is 9. The molecule has 136 valence electrons. The number of aryl methyl sites for hydroxylation is 1. The summed E-state index contributed by atoms with van der Waals surface area (Å²) in [5.74, 6) is 0.400. The zero-order valence-corrected chi connectivity index (χ0v) is 15.2. The molecule has 0 aliphatic rings. The molecule has 1 amide bonds. The van der Waals surface area contributed by atoms with Gasteiger partial charge in [-0.05, 0) is 55.7 Å². The molecular weight excluding hydrogens is 351 g/mol. The SMILES string of the molecule is O=C(CCCc1nc2ccccc2s1)NCCCOc1ccc(F)cc1. The van der Waals surface area contributed by atoms with Crippen LogP contribution in [0.25, 0.3) is 10.2 Å². The number of para-hydroxylation sites is 1. The number of fused-ring (bicyclic) bond motifs is 1. The highest BCUT2D eigenvalue weighted by Gasteiger charge is 2.05. The average Bonchev–Trinajstić information content (AvgIpc) is 3.06. The van der Waals surface area contributed by atoms with Crippen LogP contribution < -0.4 is 10.1 Å². The van der Waals surface area contributed by atoms with E-state index < -0.39 is 0 Å². The average molecular weight is 372 g/mol. The summed E-state index contributed by atoms with van der Waals surface area (Å²) in [6, 6.07) is 14.0. The van der Waals surface area contributed by atoms with E-state index in [4.69, 9.17) is 4.74 Å². The Bertz CT molecular complexity index is 815. The first kappa shape index (κ1) is 18.3. The lowest BCUT2D eigenvalue weighted by atomic mass is 10.2. The zero-order valence-electron chi connectivity index (χ0n) is 14.4. The Morgan fingerprint density at radius 1 is 1.12 bits per heavy atom. The van der Waals surface area contributed by atoms with Gasteiger partial charge < -0.3 is 10.1 Å². The molecule has 0 saturated carbocycles. The number of halogens is 1. The summed E-state index contributed by atoms with van der Waals surface area (Å²) < 4.78 is 19.5. The quantitative estimate of drug-likeness (QED) is 0.568. The minimum absolute atomic E-state index is 0.0490. The summed E-state index contributed by atoms with van der Waals surface area (Å²) in [4.78, 5) is 16.4. The number of amides is 1. The molecule has 4 nitrogen and oxygen atoms in total. The van der Waals surface area contributed by atoms with Crippen LogP contribution in [0.1, 0.15) is 24.3 Å². The lowest BCUT2D eigenvalue weighted by Crippen LogP contribution is -2.25. The van der Waals surface area contributed by atoms with Gasteiger partial charge in [0.2, 0.25) is 5.91 Å². The molecule has 3 rings (SSSR count). The molecular formula is C20H21FN2O2S. The predicted octanol–water partition coefficient (Wildman–Crippen LogP) is 4.34. The Morgan fingerprint density at radius 2 is 1.92 bits per heavy atom. The van der Waals surface area contributed by atoms with Gasteiger partial charge in [-0.3, -0.25) is 4.79 Å². The van der Waals surface area contributed by atoms with E-state index in [1.165, 1.54) is 16.8 Å². The predicted molar refractivity (Wildman–Crippen MR) is 102 cm³/mol. The van der Waals surface area contributed by atoms with Gasteiger partial charge in [-0.2, -0.15) is 0 Å². The summed E-state index contributed by atoms with van der Waals surface area (Å²) in [5, 5.41) is 3.97. The highest BCUT2D eigenvalue weighted by Crippen LogP contribution is 2.22. The molecule has 0 saturated heterocycles. The molecule has 1 heterocycles. The number of nitrogens with zero attached hydrogens (tertiary/aromatic N) is 1. The standard InChI is InChI=1S/C20H21FN2O2S/c21-15-9-11-16(12-10-15)25-14-4-13-22-19(24)7-3-8-20-23-17-5-1-2-6-18(17)26-20/h1-2,5-6,9-12H,3-4,7-8,13-14H2,(H,22,24). The van der Waals surface area contributed by atoms with Crippen molar-refractivity contribution in [2.45, 2.75) is 25.7 Å². The van der Waals surface area contributed by atoms with Crippen molar-refractivity contribution in [2.24, 2.45) is 0 Å². The Kier molecular flexibility index (Phi) is 6.55. The second kappa shape index (κ2) is 9.29. The number of ether oxygens (including phenoxy) is 1. The molecule has 1 N–H and O–H groups in total. The second-order valence-corrected chi connectivity index (χ2v) is 7.05. The molecule has 26 heavy (non-hydrogen) atoms. The fraction of sp³-hybridized carbons (Fsp3) is 0.300. The van der Waals surface area contributed by atoms with Gasteiger partial charge in [0.15, 0.2) is 0 Å². The molecule has 0 aliphatic heterocycles. The maximum Gasteiger partial charge on any atom is 0.220 e. The summed E-state index contributed by atoms with van der Waals surface area (Å²) >= 11 is 1.69. The normalized spacial score (nSPS) is 10.8. The molecule has 6 heteroatoms. The minimum atomic E-state index is -0.282. The number of carbonyl (C=O) groups is 1. The summed E-state index contributed by atoms with van der Waals surface area (Å²) in [5.41, 5.74) is 1.03. The smallest absolute Gasteiger partial charge is 0.220 e. The van der Waals surface area contributed by atoms with Crippen LogP contribution in [0, 0.1) is 5.82 Å². The van der Waals surface area contributed by atoms with Crippen molar-refractivity contribution < 1.29 is 13.9 Å². The van der Waals surface area contributed by atoms with Crippen molar-refractivity contribution in [1.29, 1.82) is 0 Å². The van der Waals surface area contributed by atoms with Crippen molar-refractivity contribution in [3.63, 3.8) is 0 Å². The molecule has 0 spiro atoms. The minimum Gasteiger partial charge on any atom is -0.494 e. The molecule has 0 bridgehead atoms. The molecule has 1 aromatic heterocycles.